The molecule has 1 atom stereocenters. The molecule has 3 aromatic rings. The fraction of sp³-hybridized carbons (Fsp3) is 0.387. The number of aliphatic carboxylic acids is 1. The summed E-state index contributed by atoms with van der Waals surface area (Å²) in [5, 5.41) is 12.3. The van der Waals surface area contributed by atoms with E-state index in [1.807, 2.05) is 67.6 Å². The van der Waals surface area contributed by atoms with Crippen LogP contribution in [0, 0.1) is 0 Å². The van der Waals surface area contributed by atoms with E-state index in [1.54, 1.807) is 19.9 Å². The third kappa shape index (κ3) is 7.28. The molecule has 4 rings (SSSR count). The molecular weight excluding hydrogens is 494 g/mol. The Balaban J connectivity index is 1.32. The second-order valence-corrected chi connectivity index (χ2v) is 10.3. The standard InChI is InChI=1S/C31H37N3O5/c1-4-38-25-10-5-6-11-26(25)39-24-9-8-20-34(21-24)28-13-7-12-27(32-28)33-29(35)19-16-22-14-17-23(18-15-22)31(2,3)30(36)37/h5-7,10-15,17-18,24H,4,8-9,16,19-21H2,1-3H3,(H,36,37)(H,32,33,35)/t24-/m1/s1. The zero-order chi connectivity index (χ0) is 27.8. The van der Waals surface area contributed by atoms with Crippen LogP contribution in [-0.4, -0.2) is 47.8 Å². The van der Waals surface area contributed by atoms with Crippen LogP contribution in [0.5, 0.6) is 11.5 Å². The number of aryl methyl sites for hydroxylation is 1. The molecule has 0 bridgehead atoms. The quantitative estimate of drug-likeness (QED) is 0.339. The fourth-order valence-corrected chi connectivity index (χ4v) is 4.59. The molecule has 1 aliphatic heterocycles. The van der Waals surface area contributed by atoms with E-state index in [2.05, 4.69) is 10.2 Å². The minimum atomic E-state index is -0.957. The summed E-state index contributed by atoms with van der Waals surface area (Å²) in [4.78, 5) is 31.0. The van der Waals surface area contributed by atoms with Gasteiger partial charge < -0.3 is 24.8 Å². The predicted molar refractivity (Wildman–Crippen MR) is 152 cm³/mol. The van der Waals surface area contributed by atoms with Gasteiger partial charge in [-0.15, -0.1) is 0 Å². The molecule has 0 saturated carbocycles. The molecular formula is C31H37N3O5. The minimum absolute atomic E-state index is 0.00728. The van der Waals surface area contributed by atoms with Gasteiger partial charge in [0.1, 0.15) is 17.7 Å². The first-order valence-electron chi connectivity index (χ1n) is 13.5. The van der Waals surface area contributed by atoms with E-state index in [0.29, 0.717) is 31.8 Å². The average Bonchev–Trinajstić information content (AvgIpc) is 2.93. The fourth-order valence-electron chi connectivity index (χ4n) is 4.59. The highest BCUT2D eigenvalue weighted by atomic mass is 16.5. The number of ether oxygens (including phenoxy) is 2. The van der Waals surface area contributed by atoms with Gasteiger partial charge in [0.15, 0.2) is 11.5 Å². The normalized spacial score (nSPS) is 15.5. The topological polar surface area (TPSA) is 101 Å². The molecule has 0 aliphatic carbocycles. The van der Waals surface area contributed by atoms with Crippen molar-refractivity contribution in [3.8, 4) is 11.5 Å². The molecule has 2 N–H and O–H groups in total. The van der Waals surface area contributed by atoms with Gasteiger partial charge in [-0.3, -0.25) is 9.59 Å². The van der Waals surface area contributed by atoms with Crippen molar-refractivity contribution in [3.63, 3.8) is 0 Å². The van der Waals surface area contributed by atoms with Gasteiger partial charge in [0, 0.05) is 13.0 Å². The minimum Gasteiger partial charge on any atom is -0.490 e. The van der Waals surface area contributed by atoms with E-state index in [9.17, 15) is 14.7 Å². The first-order valence-corrected chi connectivity index (χ1v) is 13.5. The number of rotatable bonds is 11. The number of carboxylic acids is 1. The molecule has 206 valence electrons. The molecule has 1 aliphatic rings. The average molecular weight is 532 g/mol. The third-order valence-corrected chi connectivity index (χ3v) is 7.00. The van der Waals surface area contributed by atoms with Gasteiger partial charge >= 0.3 is 5.97 Å². The first-order chi connectivity index (χ1) is 18.8. The SMILES string of the molecule is CCOc1ccccc1O[C@@H]1CCCN(c2cccc(NC(=O)CCc3ccc(C(C)(C)C(=O)O)cc3)n2)C1. The van der Waals surface area contributed by atoms with Crippen LogP contribution in [-0.2, 0) is 21.4 Å². The lowest BCUT2D eigenvalue weighted by atomic mass is 9.84. The molecule has 0 spiro atoms. The molecule has 2 heterocycles. The van der Waals surface area contributed by atoms with Crippen LogP contribution in [0.3, 0.4) is 0 Å². The Morgan fingerprint density at radius 1 is 1.05 bits per heavy atom. The van der Waals surface area contributed by atoms with Crippen LogP contribution >= 0.6 is 0 Å². The Bertz CT molecular complexity index is 1280. The molecule has 8 nitrogen and oxygen atoms in total. The van der Waals surface area contributed by atoms with Crippen molar-refractivity contribution in [2.75, 3.05) is 29.9 Å². The van der Waals surface area contributed by atoms with Gasteiger partial charge in [-0.1, -0.05) is 42.5 Å². The van der Waals surface area contributed by atoms with Crippen LogP contribution in [0.15, 0.2) is 66.7 Å². The summed E-state index contributed by atoms with van der Waals surface area (Å²) in [6.07, 6.45) is 2.78. The van der Waals surface area contributed by atoms with Gasteiger partial charge in [-0.25, -0.2) is 4.98 Å². The Labute approximate surface area is 230 Å². The van der Waals surface area contributed by atoms with Crippen LogP contribution in [0.2, 0.25) is 0 Å². The molecule has 1 fully saturated rings. The maximum atomic E-state index is 12.7. The Kier molecular flexibility index (Phi) is 9.07. The molecule has 1 aromatic heterocycles. The second-order valence-electron chi connectivity index (χ2n) is 10.3. The largest absolute Gasteiger partial charge is 0.490 e. The van der Waals surface area contributed by atoms with Gasteiger partial charge in [0.05, 0.1) is 18.6 Å². The zero-order valence-electron chi connectivity index (χ0n) is 22.9. The number of carbonyl (C=O) groups is 2. The smallest absolute Gasteiger partial charge is 0.313 e. The lowest BCUT2D eigenvalue weighted by Gasteiger charge is -2.34. The van der Waals surface area contributed by atoms with E-state index in [1.165, 1.54) is 0 Å². The lowest BCUT2D eigenvalue weighted by molar-refractivity contribution is -0.142. The number of carboxylic acid groups (broad SMARTS) is 1. The Morgan fingerprint density at radius 2 is 1.79 bits per heavy atom. The van der Waals surface area contributed by atoms with E-state index >= 15 is 0 Å². The lowest BCUT2D eigenvalue weighted by Crippen LogP contribution is -2.41. The van der Waals surface area contributed by atoms with E-state index in [-0.39, 0.29) is 12.0 Å². The molecule has 1 saturated heterocycles. The predicted octanol–water partition coefficient (Wildman–Crippen LogP) is 5.46. The van der Waals surface area contributed by atoms with Gasteiger partial charge in [-0.05, 0) is 75.4 Å². The molecule has 0 unspecified atom stereocenters. The van der Waals surface area contributed by atoms with Crippen LogP contribution in [0.1, 0.15) is 51.2 Å². The van der Waals surface area contributed by atoms with Crippen molar-refractivity contribution in [1.82, 2.24) is 4.98 Å². The second kappa shape index (κ2) is 12.7. The van der Waals surface area contributed by atoms with Crippen molar-refractivity contribution in [3.05, 3.63) is 77.9 Å². The van der Waals surface area contributed by atoms with Crippen molar-refractivity contribution >= 4 is 23.5 Å². The van der Waals surface area contributed by atoms with Crippen molar-refractivity contribution in [2.24, 2.45) is 0 Å². The zero-order valence-corrected chi connectivity index (χ0v) is 22.9. The number of benzene rings is 2. The van der Waals surface area contributed by atoms with Gasteiger partial charge in [-0.2, -0.15) is 0 Å². The molecule has 0 radical (unpaired) electrons. The van der Waals surface area contributed by atoms with E-state index in [4.69, 9.17) is 14.5 Å². The highest BCUT2D eigenvalue weighted by Crippen LogP contribution is 2.30. The number of hydrogen-bond acceptors (Lipinski definition) is 6. The number of nitrogens with zero attached hydrogens (tertiary/aromatic N) is 2. The highest BCUT2D eigenvalue weighted by Gasteiger charge is 2.29. The van der Waals surface area contributed by atoms with Crippen LogP contribution in [0.25, 0.3) is 0 Å². The number of carbonyl (C=O) groups excluding carboxylic acids is 1. The number of para-hydroxylation sites is 2. The summed E-state index contributed by atoms with van der Waals surface area (Å²) in [6, 6.07) is 20.8. The first kappa shape index (κ1) is 28.0. The monoisotopic (exact) mass is 531 g/mol. The summed E-state index contributed by atoms with van der Waals surface area (Å²) in [5.74, 6) is 1.82. The molecule has 8 heteroatoms. The summed E-state index contributed by atoms with van der Waals surface area (Å²) in [5.41, 5.74) is 0.747. The van der Waals surface area contributed by atoms with Gasteiger partial charge in [0.2, 0.25) is 5.91 Å². The number of hydrogen-bond donors (Lipinski definition) is 2. The Hall–Kier alpha value is -4.07. The van der Waals surface area contributed by atoms with Crippen molar-refractivity contribution < 1.29 is 24.2 Å². The third-order valence-electron chi connectivity index (χ3n) is 7.00. The van der Waals surface area contributed by atoms with Crippen molar-refractivity contribution in [1.29, 1.82) is 0 Å². The molecule has 2 aromatic carbocycles. The van der Waals surface area contributed by atoms with E-state index in [0.717, 1.165) is 47.8 Å². The summed E-state index contributed by atoms with van der Waals surface area (Å²) < 4.78 is 12.0. The number of nitrogens with one attached hydrogen (secondary N) is 1. The van der Waals surface area contributed by atoms with Crippen molar-refractivity contribution in [2.45, 2.75) is 58.0 Å². The Morgan fingerprint density at radius 3 is 2.51 bits per heavy atom. The van der Waals surface area contributed by atoms with E-state index < -0.39 is 11.4 Å². The summed E-state index contributed by atoms with van der Waals surface area (Å²) >= 11 is 0. The summed E-state index contributed by atoms with van der Waals surface area (Å²) in [7, 11) is 0. The number of anilines is 2. The molecule has 1 amide bonds. The number of piperidine rings is 1. The maximum Gasteiger partial charge on any atom is 0.313 e. The van der Waals surface area contributed by atoms with Crippen LogP contribution < -0.4 is 19.7 Å². The van der Waals surface area contributed by atoms with Gasteiger partial charge in [0.25, 0.3) is 0 Å². The number of pyridine rings is 1. The number of aromatic nitrogens is 1. The summed E-state index contributed by atoms with van der Waals surface area (Å²) in [6.45, 7) is 7.45. The maximum absolute atomic E-state index is 12.7. The highest BCUT2D eigenvalue weighted by molar-refractivity contribution is 5.90. The molecule has 39 heavy (non-hydrogen) atoms. The van der Waals surface area contributed by atoms with Crippen LogP contribution in [0.4, 0.5) is 11.6 Å². The number of amides is 1.